The van der Waals surface area contributed by atoms with Crippen molar-refractivity contribution in [2.24, 2.45) is 0 Å². The number of aliphatic hydroxyl groups excluding tert-OH is 1. The quantitative estimate of drug-likeness (QED) is 0.655. The number of carbonyl (C=O) groups excluding carboxylic acids is 1. The highest BCUT2D eigenvalue weighted by Crippen LogP contribution is 2.16. The van der Waals surface area contributed by atoms with Gasteiger partial charge in [0, 0.05) is 18.1 Å². The number of aromatic nitrogens is 1. The molecule has 1 amide bonds. The first-order valence-electron chi connectivity index (χ1n) is 7.77. The summed E-state index contributed by atoms with van der Waals surface area (Å²) in [6.07, 6.45) is 2.99. The standard InChI is InChI=1S/C19H20N2O2/c22-13-18(15-4-2-1-3-5-15)21-19(23)9-7-14-6-8-17-16(12-14)10-11-20-17/h1-6,8,10-12,18,20,22H,7,9,13H2,(H,21,23)/t18-/m0/s1. The monoisotopic (exact) mass is 308 g/mol. The van der Waals surface area contributed by atoms with E-state index in [2.05, 4.69) is 16.4 Å². The zero-order chi connectivity index (χ0) is 16.1. The minimum atomic E-state index is -0.351. The van der Waals surface area contributed by atoms with Crippen molar-refractivity contribution in [3.05, 3.63) is 71.9 Å². The van der Waals surface area contributed by atoms with Crippen LogP contribution in [0.3, 0.4) is 0 Å². The number of aliphatic hydroxyl groups is 1. The molecule has 0 bridgehead atoms. The van der Waals surface area contributed by atoms with E-state index in [1.165, 1.54) is 0 Å². The summed E-state index contributed by atoms with van der Waals surface area (Å²) in [4.78, 5) is 15.3. The second-order valence-corrected chi connectivity index (χ2v) is 5.61. The number of H-pyrrole nitrogens is 1. The molecular weight excluding hydrogens is 288 g/mol. The van der Waals surface area contributed by atoms with Crippen LogP contribution in [0.1, 0.15) is 23.6 Å². The van der Waals surface area contributed by atoms with Crippen LogP contribution in [0.15, 0.2) is 60.8 Å². The molecule has 0 spiro atoms. The Labute approximate surface area is 135 Å². The maximum absolute atomic E-state index is 12.1. The molecule has 118 valence electrons. The van der Waals surface area contributed by atoms with Crippen LogP contribution in [0, 0.1) is 0 Å². The number of aryl methyl sites for hydroxylation is 1. The predicted molar refractivity (Wildman–Crippen MR) is 91.0 cm³/mol. The Morgan fingerprint density at radius 2 is 1.96 bits per heavy atom. The van der Waals surface area contributed by atoms with E-state index in [4.69, 9.17) is 0 Å². The van der Waals surface area contributed by atoms with Crippen molar-refractivity contribution in [3.63, 3.8) is 0 Å². The lowest BCUT2D eigenvalue weighted by Gasteiger charge is -2.16. The minimum absolute atomic E-state index is 0.0536. The van der Waals surface area contributed by atoms with Gasteiger partial charge in [-0.15, -0.1) is 0 Å². The van der Waals surface area contributed by atoms with E-state index in [0.717, 1.165) is 22.0 Å². The second kappa shape index (κ2) is 7.11. The molecule has 0 saturated carbocycles. The molecule has 0 aliphatic rings. The van der Waals surface area contributed by atoms with Crippen molar-refractivity contribution in [3.8, 4) is 0 Å². The first-order chi connectivity index (χ1) is 11.3. The largest absolute Gasteiger partial charge is 0.394 e. The van der Waals surface area contributed by atoms with Gasteiger partial charge in [0.2, 0.25) is 5.91 Å². The SMILES string of the molecule is O=C(CCc1ccc2[nH]ccc2c1)N[C@@H](CO)c1ccccc1. The molecule has 1 aromatic heterocycles. The van der Waals surface area contributed by atoms with Gasteiger partial charge in [-0.1, -0.05) is 36.4 Å². The fraction of sp³-hybridized carbons (Fsp3) is 0.211. The number of rotatable bonds is 6. The van der Waals surface area contributed by atoms with E-state index in [9.17, 15) is 9.90 Å². The van der Waals surface area contributed by atoms with E-state index >= 15 is 0 Å². The Balaban J connectivity index is 1.58. The summed E-state index contributed by atoms with van der Waals surface area (Å²) in [6, 6.07) is 17.4. The molecule has 0 saturated heterocycles. The molecule has 0 fully saturated rings. The number of nitrogens with one attached hydrogen (secondary N) is 2. The van der Waals surface area contributed by atoms with E-state index in [1.54, 1.807) is 0 Å². The number of fused-ring (bicyclic) bond motifs is 1. The first kappa shape index (κ1) is 15.3. The summed E-state index contributed by atoms with van der Waals surface area (Å²) in [7, 11) is 0. The van der Waals surface area contributed by atoms with Crippen molar-refractivity contribution in [2.75, 3.05) is 6.61 Å². The van der Waals surface area contributed by atoms with Gasteiger partial charge in [0.05, 0.1) is 12.6 Å². The Hall–Kier alpha value is -2.59. The van der Waals surface area contributed by atoms with Gasteiger partial charge in [0.15, 0.2) is 0 Å². The highest BCUT2D eigenvalue weighted by atomic mass is 16.3. The normalized spacial score (nSPS) is 12.2. The average molecular weight is 308 g/mol. The molecule has 4 nitrogen and oxygen atoms in total. The lowest BCUT2D eigenvalue weighted by atomic mass is 10.1. The van der Waals surface area contributed by atoms with Crippen LogP contribution >= 0.6 is 0 Å². The van der Waals surface area contributed by atoms with Crippen molar-refractivity contribution in [1.82, 2.24) is 10.3 Å². The zero-order valence-corrected chi connectivity index (χ0v) is 12.8. The van der Waals surface area contributed by atoms with Crippen LogP contribution in [-0.4, -0.2) is 22.6 Å². The number of hydrogen-bond acceptors (Lipinski definition) is 2. The van der Waals surface area contributed by atoms with Gasteiger partial charge >= 0.3 is 0 Å². The molecule has 0 aliphatic heterocycles. The van der Waals surface area contributed by atoms with Crippen LogP contribution in [-0.2, 0) is 11.2 Å². The van der Waals surface area contributed by atoms with Gasteiger partial charge in [-0.3, -0.25) is 4.79 Å². The third kappa shape index (κ3) is 3.79. The van der Waals surface area contributed by atoms with Gasteiger partial charge < -0.3 is 15.4 Å². The van der Waals surface area contributed by atoms with Gasteiger partial charge in [-0.2, -0.15) is 0 Å². The average Bonchev–Trinajstić information content (AvgIpc) is 3.06. The lowest BCUT2D eigenvalue weighted by Crippen LogP contribution is -2.30. The van der Waals surface area contributed by atoms with E-state index < -0.39 is 0 Å². The van der Waals surface area contributed by atoms with Crippen LogP contribution in [0.4, 0.5) is 0 Å². The minimum Gasteiger partial charge on any atom is -0.394 e. The third-order valence-electron chi connectivity index (χ3n) is 3.98. The highest BCUT2D eigenvalue weighted by molar-refractivity contribution is 5.80. The molecular formula is C19H20N2O2. The van der Waals surface area contributed by atoms with Crippen LogP contribution in [0.2, 0.25) is 0 Å². The molecule has 3 aromatic rings. The topological polar surface area (TPSA) is 65.1 Å². The fourth-order valence-corrected chi connectivity index (χ4v) is 2.70. The van der Waals surface area contributed by atoms with Crippen LogP contribution in [0.25, 0.3) is 10.9 Å². The molecule has 23 heavy (non-hydrogen) atoms. The molecule has 1 heterocycles. The Morgan fingerprint density at radius 3 is 2.74 bits per heavy atom. The summed E-state index contributed by atoms with van der Waals surface area (Å²) in [6.45, 7) is -0.106. The molecule has 0 aliphatic carbocycles. The number of carbonyl (C=O) groups is 1. The van der Waals surface area contributed by atoms with Crippen LogP contribution < -0.4 is 5.32 Å². The Bertz CT molecular complexity index is 780. The second-order valence-electron chi connectivity index (χ2n) is 5.61. The van der Waals surface area contributed by atoms with Gasteiger partial charge in [-0.05, 0) is 41.1 Å². The first-order valence-corrected chi connectivity index (χ1v) is 7.77. The molecule has 0 radical (unpaired) electrons. The maximum atomic E-state index is 12.1. The Kier molecular flexibility index (Phi) is 4.74. The van der Waals surface area contributed by atoms with Crippen LogP contribution in [0.5, 0.6) is 0 Å². The lowest BCUT2D eigenvalue weighted by molar-refractivity contribution is -0.122. The van der Waals surface area contributed by atoms with Gasteiger partial charge in [0.1, 0.15) is 0 Å². The zero-order valence-electron chi connectivity index (χ0n) is 12.8. The van der Waals surface area contributed by atoms with Crippen molar-refractivity contribution in [2.45, 2.75) is 18.9 Å². The smallest absolute Gasteiger partial charge is 0.220 e. The number of hydrogen-bond donors (Lipinski definition) is 3. The van der Waals surface area contributed by atoms with E-state index in [1.807, 2.05) is 54.7 Å². The maximum Gasteiger partial charge on any atom is 0.220 e. The summed E-state index contributed by atoms with van der Waals surface area (Å²) >= 11 is 0. The van der Waals surface area contributed by atoms with E-state index in [-0.39, 0.29) is 18.6 Å². The molecule has 0 unspecified atom stereocenters. The fourth-order valence-electron chi connectivity index (χ4n) is 2.70. The molecule has 4 heteroatoms. The third-order valence-corrected chi connectivity index (χ3v) is 3.98. The number of benzene rings is 2. The summed E-state index contributed by atoms with van der Waals surface area (Å²) in [5.74, 6) is -0.0536. The number of aromatic amines is 1. The Morgan fingerprint density at radius 1 is 1.13 bits per heavy atom. The van der Waals surface area contributed by atoms with Crippen molar-refractivity contribution < 1.29 is 9.90 Å². The molecule has 3 N–H and O–H groups in total. The predicted octanol–water partition coefficient (Wildman–Crippen LogP) is 2.95. The van der Waals surface area contributed by atoms with Gasteiger partial charge in [-0.25, -0.2) is 0 Å². The summed E-state index contributed by atoms with van der Waals surface area (Å²) in [5.41, 5.74) is 3.15. The van der Waals surface area contributed by atoms with Crippen molar-refractivity contribution >= 4 is 16.8 Å². The van der Waals surface area contributed by atoms with E-state index in [0.29, 0.717) is 12.8 Å². The molecule has 1 atom stereocenters. The number of amides is 1. The summed E-state index contributed by atoms with van der Waals surface area (Å²) in [5, 5.41) is 13.5. The van der Waals surface area contributed by atoms with Gasteiger partial charge in [0.25, 0.3) is 0 Å². The highest BCUT2D eigenvalue weighted by Gasteiger charge is 2.13. The molecule has 3 rings (SSSR count). The summed E-state index contributed by atoms with van der Waals surface area (Å²) < 4.78 is 0. The molecule has 2 aromatic carbocycles. The van der Waals surface area contributed by atoms with Crippen molar-refractivity contribution in [1.29, 1.82) is 0 Å².